The minimum Gasteiger partial charge on any atom is -0.481 e. The zero-order valence-electron chi connectivity index (χ0n) is 63.8. The van der Waals surface area contributed by atoms with Gasteiger partial charge in [0.25, 0.3) is 0 Å². The van der Waals surface area contributed by atoms with Crippen molar-refractivity contribution in [3.8, 4) is 0 Å². The van der Waals surface area contributed by atoms with Crippen molar-refractivity contribution in [2.75, 3.05) is 170 Å². The summed E-state index contributed by atoms with van der Waals surface area (Å²) in [6.45, 7) is 9.63. The molecule has 4 amide bonds. The van der Waals surface area contributed by atoms with E-state index < -0.39 is 47.8 Å². The van der Waals surface area contributed by atoms with Crippen molar-refractivity contribution in [1.82, 2.24) is 50.7 Å². The summed E-state index contributed by atoms with van der Waals surface area (Å²) in [6, 6.07) is 0. The Morgan fingerprint density at radius 3 is 0.491 bits per heavy atom. The minimum atomic E-state index is -0.997. The monoisotopic (exact) mass is 1520 g/mol. The van der Waals surface area contributed by atoms with Crippen LogP contribution in [-0.2, 0) is 67.0 Å². The number of hydrogen-bond acceptors (Lipinski definition) is 20. The molecule has 0 heterocycles. The largest absolute Gasteiger partial charge is 0.481 e. The molecule has 106 heavy (non-hydrogen) atoms. The highest BCUT2D eigenvalue weighted by Gasteiger charge is 2.18. The number of amides is 4. The fourth-order valence-electron chi connectivity index (χ4n) is 11.7. The summed E-state index contributed by atoms with van der Waals surface area (Å²) in [5.74, 6) is -8.82. The third-order valence-electron chi connectivity index (χ3n) is 18.1. The topological polar surface area (TPSA) is 453 Å². The number of carbonyl (C=O) groups is 12. The van der Waals surface area contributed by atoms with E-state index in [1.165, 1.54) is 38.5 Å². The molecule has 0 rings (SSSR count). The molecule has 0 unspecified atom stereocenters. The first-order valence-electron chi connectivity index (χ1n) is 39.2. The van der Waals surface area contributed by atoms with Crippen LogP contribution in [0.25, 0.3) is 0 Å². The average molecular weight is 1520 g/mol. The van der Waals surface area contributed by atoms with Gasteiger partial charge in [-0.3, -0.25) is 57.5 Å². The molecule has 0 saturated carbocycles. The van der Waals surface area contributed by atoms with Crippen LogP contribution in [0.5, 0.6) is 0 Å². The molecule has 0 atom stereocenters. The highest BCUT2D eigenvalue weighted by Crippen LogP contribution is 2.14. The maximum atomic E-state index is 12.9. The van der Waals surface area contributed by atoms with Crippen molar-refractivity contribution in [3.63, 3.8) is 0 Å². The van der Waals surface area contributed by atoms with Crippen molar-refractivity contribution >= 4 is 71.4 Å². The minimum absolute atomic E-state index is 0.148. The Morgan fingerprint density at radius 1 is 0.179 bits per heavy atom. The number of unbranched alkanes of at least 4 members (excludes halogenated alkanes) is 21. The lowest BCUT2D eigenvalue weighted by Crippen LogP contribution is -2.39. The highest BCUT2D eigenvalue weighted by molar-refractivity contribution is 5.78. The second-order valence-corrected chi connectivity index (χ2v) is 27.3. The van der Waals surface area contributed by atoms with E-state index in [4.69, 9.17) is 50.3 Å². The zero-order valence-corrected chi connectivity index (χ0v) is 63.8. The van der Waals surface area contributed by atoms with E-state index in [1.54, 1.807) is 19.6 Å². The Hall–Kier alpha value is -6.68. The lowest BCUT2D eigenvalue weighted by Gasteiger charge is -2.23. The zero-order chi connectivity index (χ0) is 78.5. The van der Waals surface area contributed by atoms with Gasteiger partial charge < -0.3 is 101 Å². The molecule has 0 fully saturated rings. The van der Waals surface area contributed by atoms with Crippen LogP contribution in [0.2, 0.25) is 0 Å². The summed E-state index contributed by atoms with van der Waals surface area (Å²) in [5.41, 5.74) is 0. The molecule has 0 aliphatic carbocycles. The van der Waals surface area contributed by atoms with Gasteiger partial charge in [0.2, 0.25) is 23.6 Å². The van der Waals surface area contributed by atoms with Gasteiger partial charge in [0.15, 0.2) is 0 Å². The summed E-state index contributed by atoms with van der Waals surface area (Å²) < 4.78 is 11.9. The predicted molar refractivity (Wildman–Crippen MR) is 400 cm³/mol. The summed E-state index contributed by atoms with van der Waals surface area (Å²) >= 11 is 0. The Bertz CT molecular complexity index is 2030. The fraction of sp³-hybridized carbons (Fsp3) is 0.838. The first kappa shape index (κ1) is 99.3. The summed E-state index contributed by atoms with van der Waals surface area (Å²) in [5, 5.41) is 84.0. The van der Waals surface area contributed by atoms with Crippen LogP contribution < -0.4 is 21.3 Å². The number of carboxylic acid groups (broad SMARTS) is 8. The smallest absolute Gasteiger partial charge is 0.304 e. The lowest BCUT2D eigenvalue weighted by atomic mass is 10.1. The molecule has 0 aliphatic heterocycles. The Kier molecular flexibility index (Phi) is 65.6. The predicted octanol–water partition coefficient (Wildman–Crippen LogP) is 6.02. The molecule has 0 aromatic carbocycles. The number of nitrogens with one attached hydrogen (secondary N) is 4. The molecule has 0 aromatic heterocycles. The molecular formula is C74H136N10O22. The van der Waals surface area contributed by atoms with Gasteiger partial charge in [-0.15, -0.1) is 0 Å². The Labute approximate surface area is 629 Å². The normalized spacial score (nSPS) is 11.5. The number of nitrogens with zero attached hydrogens (tertiary/aromatic N) is 6. The first-order valence-corrected chi connectivity index (χ1v) is 39.2. The molecule has 0 aromatic rings. The number of carboxylic acids is 8. The molecule has 32 heteroatoms. The van der Waals surface area contributed by atoms with Gasteiger partial charge in [0, 0.05) is 183 Å². The highest BCUT2D eigenvalue weighted by atomic mass is 16.5. The van der Waals surface area contributed by atoms with E-state index in [0.717, 1.165) is 142 Å². The molecule has 0 radical (unpaired) electrons. The van der Waals surface area contributed by atoms with Crippen LogP contribution in [-0.4, -0.2) is 312 Å². The molecular weight excluding hydrogens is 1380 g/mol. The number of ether oxygens (including phenoxy) is 2. The number of hydrogen-bond donors (Lipinski definition) is 12. The van der Waals surface area contributed by atoms with Gasteiger partial charge in [-0.05, 0) is 51.6 Å². The molecule has 32 nitrogen and oxygen atoms in total. The van der Waals surface area contributed by atoms with E-state index in [2.05, 4.69) is 31.1 Å². The fourth-order valence-corrected chi connectivity index (χ4v) is 11.7. The SMILES string of the molecule is O=C(O)CCN(CCNC(=O)CCN(CCCCCCCCCCOCCCCCCCCCCOCCCCCCCCCCN(CCC(=O)NCCN(CCC(=O)O)CCC(=O)O)CCC(=O)NCCN(CCC(=O)O)CCC(=O)O)CCC(=O)NCCN(CCC(=O)O)CCC(=O)O)CCC(=O)O. The van der Waals surface area contributed by atoms with Crippen LogP contribution in [0.15, 0.2) is 0 Å². The second-order valence-electron chi connectivity index (χ2n) is 27.3. The van der Waals surface area contributed by atoms with E-state index in [-0.39, 0.29) is 179 Å². The van der Waals surface area contributed by atoms with Crippen molar-refractivity contribution in [3.05, 3.63) is 0 Å². The van der Waals surface area contributed by atoms with Gasteiger partial charge in [0.1, 0.15) is 0 Å². The summed E-state index contributed by atoms with van der Waals surface area (Å²) in [6.07, 6.45) is 26.1. The molecule has 0 saturated heterocycles. The van der Waals surface area contributed by atoms with Crippen molar-refractivity contribution in [2.24, 2.45) is 0 Å². The van der Waals surface area contributed by atoms with Gasteiger partial charge in [-0.2, -0.15) is 0 Å². The maximum Gasteiger partial charge on any atom is 0.304 e. The van der Waals surface area contributed by atoms with Crippen LogP contribution in [0.3, 0.4) is 0 Å². The van der Waals surface area contributed by atoms with Crippen molar-refractivity contribution in [2.45, 2.75) is 231 Å². The molecule has 0 aliphatic rings. The van der Waals surface area contributed by atoms with Crippen LogP contribution >= 0.6 is 0 Å². The van der Waals surface area contributed by atoms with E-state index in [0.29, 0.717) is 65.4 Å². The van der Waals surface area contributed by atoms with Crippen LogP contribution in [0, 0.1) is 0 Å². The van der Waals surface area contributed by atoms with Gasteiger partial charge in [-0.25, -0.2) is 0 Å². The number of aliphatic carboxylic acids is 8. The second kappa shape index (κ2) is 70.0. The molecule has 12 N–H and O–H groups in total. The molecule has 0 bridgehead atoms. The van der Waals surface area contributed by atoms with Gasteiger partial charge in [0.05, 0.1) is 51.4 Å². The first-order chi connectivity index (χ1) is 50.9. The third-order valence-corrected chi connectivity index (χ3v) is 18.1. The van der Waals surface area contributed by atoms with E-state index >= 15 is 0 Å². The van der Waals surface area contributed by atoms with Crippen LogP contribution in [0.4, 0.5) is 0 Å². The van der Waals surface area contributed by atoms with Crippen molar-refractivity contribution < 1.29 is 108 Å². The van der Waals surface area contributed by atoms with Gasteiger partial charge >= 0.3 is 47.8 Å². The van der Waals surface area contributed by atoms with Crippen LogP contribution in [0.1, 0.15) is 231 Å². The van der Waals surface area contributed by atoms with Crippen molar-refractivity contribution in [1.29, 1.82) is 0 Å². The number of rotatable bonds is 81. The molecule has 0 spiro atoms. The maximum absolute atomic E-state index is 12.9. The Morgan fingerprint density at radius 2 is 0.321 bits per heavy atom. The standard InChI is InChI=1S/C74H136N10O22/c85-63(75-37-55-81(47-29-67(89)90)48-30-68(91)92)25-43-79(44-26-64(86)76-38-56-82(49-31-69(93)94)50-32-70(95)96)41-19-13-7-1-3-9-15-21-59-105-61-23-17-11-5-6-12-18-24-62-106-60-22-16-10-4-2-8-14-20-42-80(45-27-65(87)77-39-57-83(51-33-71(97)98)52-34-72(99)100)46-28-66(88)78-40-58-84(53-35-73(101)102)54-36-74(103)104/h1-62H2,(H,75,85)(H,76,86)(H,77,87)(H,78,88)(H,89,90)(H,91,92)(H,93,94)(H,95,96)(H,97,98)(H,99,100)(H,101,102)(H,103,104). The van der Waals surface area contributed by atoms with E-state index in [9.17, 15) is 57.5 Å². The number of carbonyl (C=O) groups excluding carboxylic acids is 4. The summed E-state index contributed by atoms with van der Waals surface area (Å²) in [7, 11) is 0. The molecule has 614 valence electrons. The average Bonchev–Trinajstić information content (AvgIpc) is 2.17. The third kappa shape index (κ3) is 71.6. The Balaban J connectivity index is 4.40. The summed E-state index contributed by atoms with van der Waals surface area (Å²) in [4.78, 5) is 151. The quantitative estimate of drug-likeness (QED) is 0.0310. The van der Waals surface area contributed by atoms with Gasteiger partial charge in [-0.1, -0.05) is 116 Å². The lowest BCUT2D eigenvalue weighted by molar-refractivity contribution is -0.139. The van der Waals surface area contributed by atoms with E-state index in [1.807, 2.05) is 0 Å².